The highest BCUT2D eigenvalue weighted by Gasteiger charge is 2.11. The molecular weight excluding hydrogens is 316 g/mol. The van der Waals surface area contributed by atoms with E-state index in [9.17, 15) is 9.90 Å². The third-order valence-corrected chi connectivity index (χ3v) is 3.70. The summed E-state index contributed by atoms with van der Waals surface area (Å²) in [6.45, 7) is 2.33. The van der Waals surface area contributed by atoms with Crippen molar-refractivity contribution >= 4 is 33.2 Å². The van der Waals surface area contributed by atoms with Gasteiger partial charge in [0.1, 0.15) is 5.75 Å². The number of carbonyl (C=O) groups is 1. The molecule has 6 heteroatoms. The molecule has 18 heavy (non-hydrogen) atoms. The number of carbonyl (C=O) groups excluding carboxylic acids is 1. The van der Waals surface area contributed by atoms with Gasteiger partial charge in [-0.05, 0) is 25.1 Å². The van der Waals surface area contributed by atoms with Crippen LogP contribution in [0.15, 0.2) is 28.9 Å². The van der Waals surface area contributed by atoms with E-state index in [1.165, 1.54) is 17.4 Å². The number of nitrogens with one attached hydrogen (secondary N) is 1. The molecule has 0 radical (unpaired) electrons. The molecule has 0 fully saturated rings. The maximum absolute atomic E-state index is 11.9. The molecule has 1 amide bonds. The first-order valence-corrected chi connectivity index (χ1v) is 6.85. The van der Waals surface area contributed by atoms with E-state index in [2.05, 4.69) is 26.2 Å². The number of thiazole rings is 1. The number of hydrogen-bond acceptors (Lipinski definition) is 4. The number of amides is 1. The van der Waals surface area contributed by atoms with Gasteiger partial charge in [-0.3, -0.25) is 4.79 Å². The molecule has 1 heterocycles. The van der Waals surface area contributed by atoms with Crippen LogP contribution in [0.4, 0.5) is 0 Å². The van der Waals surface area contributed by atoms with Crippen LogP contribution in [-0.4, -0.2) is 16.0 Å². The number of halogens is 1. The molecule has 0 atom stereocenters. The fourth-order valence-corrected chi connectivity index (χ4v) is 2.54. The van der Waals surface area contributed by atoms with Gasteiger partial charge in [-0.1, -0.05) is 15.9 Å². The third kappa shape index (κ3) is 3.08. The van der Waals surface area contributed by atoms with Crippen LogP contribution in [0.5, 0.6) is 5.75 Å². The number of rotatable bonds is 3. The highest BCUT2D eigenvalue weighted by molar-refractivity contribution is 9.10. The second-order valence-electron chi connectivity index (χ2n) is 3.69. The average Bonchev–Trinajstić information content (AvgIpc) is 2.75. The molecule has 0 aliphatic rings. The average molecular weight is 327 g/mol. The van der Waals surface area contributed by atoms with Crippen LogP contribution in [0.25, 0.3) is 0 Å². The first-order valence-electron chi connectivity index (χ1n) is 5.24. The molecule has 0 unspecified atom stereocenters. The smallest absolute Gasteiger partial charge is 0.255 e. The Morgan fingerprint density at radius 1 is 1.56 bits per heavy atom. The minimum Gasteiger partial charge on any atom is -0.507 e. The van der Waals surface area contributed by atoms with Gasteiger partial charge < -0.3 is 10.4 Å². The van der Waals surface area contributed by atoms with Gasteiger partial charge in [0.2, 0.25) is 0 Å². The summed E-state index contributed by atoms with van der Waals surface area (Å²) in [5, 5.41) is 13.3. The second kappa shape index (κ2) is 5.49. The number of nitrogens with zero attached hydrogens (tertiary/aromatic N) is 1. The molecule has 1 aromatic carbocycles. The molecule has 4 nitrogen and oxygen atoms in total. The molecule has 0 aliphatic heterocycles. The summed E-state index contributed by atoms with van der Waals surface area (Å²) in [4.78, 5) is 17.0. The number of phenolic OH excluding ortho intramolecular Hbond substituents is 1. The minimum atomic E-state index is -0.306. The molecule has 0 spiro atoms. The van der Waals surface area contributed by atoms with Gasteiger partial charge >= 0.3 is 0 Å². The van der Waals surface area contributed by atoms with Crippen molar-refractivity contribution in [1.82, 2.24) is 10.3 Å². The van der Waals surface area contributed by atoms with Crippen molar-refractivity contribution < 1.29 is 9.90 Å². The van der Waals surface area contributed by atoms with Crippen LogP contribution >= 0.6 is 27.3 Å². The molecular formula is C12H11BrN2O2S. The van der Waals surface area contributed by atoms with E-state index in [0.29, 0.717) is 6.54 Å². The van der Waals surface area contributed by atoms with E-state index in [4.69, 9.17) is 0 Å². The van der Waals surface area contributed by atoms with Crippen molar-refractivity contribution in [2.45, 2.75) is 13.5 Å². The molecule has 0 saturated heterocycles. The van der Waals surface area contributed by atoms with Gasteiger partial charge in [0.15, 0.2) is 0 Å². The summed E-state index contributed by atoms with van der Waals surface area (Å²) in [6.07, 6.45) is 1.74. The number of benzene rings is 1. The topological polar surface area (TPSA) is 62.2 Å². The Morgan fingerprint density at radius 3 is 3.00 bits per heavy atom. The summed E-state index contributed by atoms with van der Waals surface area (Å²) in [5.41, 5.74) is 0.255. The Kier molecular flexibility index (Phi) is 3.98. The molecule has 0 aliphatic carbocycles. The zero-order chi connectivity index (χ0) is 13.1. The lowest BCUT2D eigenvalue weighted by Crippen LogP contribution is -2.22. The van der Waals surface area contributed by atoms with E-state index in [0.717, 1.165) is 14.4 Å². The van der Waals surface area contributed by atoms with Crippen LogP contribution in [0.2, 0.25) is 0 Å². The van der Waals surface area contributed by atoms with Crippen molar-refractivity contribution in [1.29, 1.82) is 0 Å². The van der Waals surface area contributed by atoms with Gasteiger partial charge in [0.25, 0.3) is 5.91 Å². The predicted molar refractivity (Wildman–Crippen MR) is 73.8 cm³/mol. The molecule has 2 aromatic rings. The van der Waals surface area contributed by atoms with Crippen LogP contribution in [0.3, 0.4) is 0 Å². The van der Waals surface area contributed by atoms with E-state index in [-0.39, 0.29) is 17.2 Å². The van der Waals surface area contributed by atoms with E-state index < -0.39 is 0 Å². The molecule has 0 saturated carbocycles. The van der Waals surface area contributed by atoms with Gasteiger partial charge in [-0.25, -0.2) is 4.98 Å². The van der Waals surface area contributed by atoms with Crippen LogP contribution < -0.4 is 5.32 Å². The van der Waals surface area contributed by atoms with E-state index in [1.54, 1.807) is 18.3 Å². The summed E-state index contributed by atoms with van der Waals surface area (Å²) in [5.74, 6) is -0.337. The lowest BCUT2D eigenvalue weighted by atomic mass is 10.2. The normalized spacial score (nSPS) is 10.3. The van der Waals surface area contributed by atoms with Crippen molar-refractivity contribution in [3.05, 3.63) is 44.3 Å². The Morgan fingerprint density at radius 2 is 2.33 bits per heavy atom. The first kappa shape index (κ1) is 13.0. The predicted octanol–water partition coefficient (Wildman–Crippen LogP) is 2.85. The summed E-state index contributed by atoms with van der Waals surface area (Å²) in [6, 6.07) is 4.75. The van der Waals surface area contributed by atoms with Crippen molar-refractivity contribution in [2.75, 3.05) is 0 Å². The number of phenols is 1. The lowest BCUT2D eigenvalue weighted by Gasteiger charge is -2.06. The second-order valence-corrected chi connectivity index (χ2v) is 5.92. The van der Waals surface area contributed by atoms with Gasteiger partial charge in [-0.15, -0.1) is 11.3 Å². The quantitative estimate of drug-likeness (QED) is 0.911. The van der Waals surface area contributed by atoms with Crippen LogP contribution in [-0.2, 0) is 6.54 Å². The number of hydrogen-bond donors (Lipinski definition) is 2. The molecule has 2 N–H and O–H groups in total. The maximum atomic E-state index is 11.9. The fourth-order valence-electron chi connectivity index (χ4n) is 1.44. The third-order valence-electron chi connectivity index (χ3n) is 2.30. The zero-order valence-corrected chi connectivity index (χ0v) is 12.0. The van der Waals surface area contributed by atoms with Gasteiger partial charge in [0, 0.05) is 15.5 Å². The highest BCUT2D eigenvalue weighted by Crippen LogP contribution is 2.22. The molecule has 0 bridgehead atoms. The zero-order valence-electron chi connectivity index (χ0n) is 9.61. The summed E-state index contributed by atoms with van der Waals surface area (Å²) in [7, 11) is 0. The summed E-state index contributed by atoms with van der Waals surface area (Å²) < 4.78 is 0.749. The SMILES string of the molecule is Cc1ncc(CNC(=O)c2cc(Br)ccc2O)s1. The molecule has 2 rings (SSSR count). The molecule has 94 valence electrons. The van der Waals surface area contributed by atoms with Gasteiger partial charge in [0.05, 0.1) is 17.1 Å². The Labute approximate surface area is 117 Å². The number of aryl methyl sites for hydroxylation is 1. The monoisotopic (exact) mass is 326 g/mol. The van der Waals surface area contributed by atoms with E-state index >= 15 is 0 Å². The maximum Gasteiger partial charge on any atom is 0.255 e. The Bertz CT molecular complexity index is 583. The number of aromatic nitrogens is 1. The minimum absolute atomic E-state index is 0.0313. The fraction of sp³-hybridized carbons (Fsp3) is 0.167. The van der Waals surface area contributed by atoms with Crippen molar-refractivity contribution in [2.24, 2.45) is 0 Å². The van der Waals surface area contributed by atoms with Crippen molar-refractivity contribution in [3.8, 4) is 5.75 Å². The first-order chi connectivity index (χ1) is 8.56. The van der Waals surface area contributed by atoms with Gasteiger partial charge in [-0.2, -0.15) is 0 Å². The largest absolute Gasteiger partial charge is 0.507 e. The highest BCUT2D eigenvalue weighted by atomic mass is 79.9. The van der Waals surface area contributed by atoms with Crippen LogP contribution in [0, 0.1) is 6.92 Å². The van der Waals surface area contributed by atoms with E-state index in [1.807, 2.05) is 6.92 Å². The van der Waals surface area contributed by atoms with Crippen LogP contribution in [0.1, 0.15) is 20.2 Å². The number of aromatic hydroxyl groups is 1. The van der Waals surface area contributed by atoms with Crippen molar-refractivity contribution in [3.63, 3.8) is 0 Å². The summed E-state index contributed by atoms with van der Waals surface area (Å²) >= 11 is 4.80. The lowest BCUT2D eigenvalue weighted by molar-refractivity contribution is 0.0948. The Balaban J connectivity index is 2.05. The Hall–Kier alpha value is -1.40. The standard InChI is InChI=1S/C12H11BrN2O2S/c1-7-14-5-9(18-7)6-15-12(17)10-4-8(13)2-3-11(10)16/h2-5,16H,6H2,1H3,(H,15,17). The molecule has 1 aromatic heterocycles.